The number of hydrogen-bond acceptors (Lipinski definition) is 3. The molecule has 0 atom stereocenters. The van der Waals surface area contributed by atoms with Gasteiger partial charge in [0.05, 0.1) is 24.9 Å². The van der Waals surface area contributed by atoms with Crippen molar-refractivity contribution in [2.45, 2.75) is 13.0 Å². The third-order valence-corrected chi connectivity index (χ3v) is 3.88. The van der Waals surface area contributed by atoms with Crippen LogP contribution in [0.15, 0.2) is 67.0 Å². The Hall–Kier alpha value is -3.15. The third-order valence-electron chi connectivity index (χ3n) is 3.88. The predicted molar refractivity (Wildman–Crippen MR) is 96.6 cm³/mol. The van der Waals surface area contributed by atoms with Gasteiger partial charge in [-0.3, -0.25) is 4.79 Å². The molecule has 1 heterocycles. The highest BCUT2D eigenvalue weighted by atomic mass is 19.1. The Bertz CT molecular complexity index is 864. The minimum atomic E-state index is -0.360. The van der Waals surface area contributed by atoms with E-state index in [1.807, 2.05) is 36.5 Å². The maximum Gasteiger partial charge on any atom is 0.226 e. The van der Waals surface area contributed by atoms with Crippen LogP contribution in [0.2, 0.25) is 0 Å². The first-order valence-corrected chi connectivity index (χ1v) is 8.33. The van der Waals surface area contributed by atoms with E-state index in [1.165, 1.54) is 12.1 Å². The maximum absolute atomic E-state index is 13.1. The van der Waals surface area contributed by atoms with E-state index in [-0.39, 0.29) is 24.8 Å². The molecule has 5 nitrogen and oxygen atoms in total. The zero-order valence-electron chi connectivity index (χ0n) is 14.5. The number of benzene rings is 2. The molecular formula is C20H20FN3O2. The Morgan fingerprint density at radius 2 is 2.00 bits per heavy atom. The van der Waals surface area contributed by atoms with Crippen molar-refractivity contribution >= 4 is 5.91 Å². The molecule has 0 saturated heterocycles. The second kappa shape index (κ2) is 8.29. The Morgan fingerprint density at radius 1 is 1.19 bits per heavy atom. The zero-order chi connectivity index (χ0) is 18.4. The molecular weight excluding hydrogens is 333 g/mol. The lowest BCUT2D eigenvalue weighted by molar-refractivity contribution is -0.130. The van der Waals surface area contributed by atoms with E-state index in [4.69, 9.17) is 4.74 Å². The summed E-state index contributed by atoms with van der Waals surface area (Å²) in [6, 6.07) is 15.7. The van der Waals surface area contributed by atoms with Crippen molar-refractivity contribution in [2.75, 3.05) is 13.7 Å². The quantitative estimate of drug-likeness (QED) is 0.654. The molecule has 2 aromatic carbocycles. The Morgan fingerprint density at radius 3 is 2.77 bits per heavy atom. The number of carbonyl (C=O) groups excluding carboxylic acids is 1. The number of rotatable bonds is 7. The monoisotopic (exact) mass is 353 g/mol. The molecule has 6 heteroatoms. The molecule has 134 valence electrons. The molecule has 0 saturated carbocycles. The summed E-state index contributed by atoms with van der Waals surface area (Å²) in [5, 5.41) is 4.33. The van der Waals surface area contributed by atoms with Crippen molar-refractivity contribution in [1.29, 1.82) is 0 Å². The summed E-state index contributed by atoms with van der Waals surface area (Å²) in [6.07, 6.45) is 3.88. The average molecular weight is 353 g/mol. The molecule has 0 fully saturated rings. The van der Waals surface area contributed by atoms with Gasteiger partial charge in [0.15, 0.2) is 0 Å². The molecule has 3 aromatic rings. The van der Waals surface area contributed by atoms with Crippen molar-refractivity contribution in [3.8, 4) is 11.4 Å². The van der Waals surface area contributed by atoms with Crippen LogP contribution in [0.25, 0.3) is 5.69 Å². The SMILES string of the molecule is CN(Cc1cnn(-c2ccccc2)c1)C(=O)CCOc1cccc(F)c1. The minimum Gasteiger partial charge on any atom is -0.493 e. The Balaban J connectivity index is 1.49. The maximum atomic E-state index is 13.1. The summed E-state index contributed by atoms with van der Waals surface area (Å²) < 4.78 is 20.3. The first kappa shape index (κ1) is 17.7. The highest BCUT2D eigenvalue weighted by molar-refractivity contribution is 5.76. The van der Waals surface area contributed by atoms with Gasteiger partial charge in [0.25, 0.3) is 0 Å². The highest BCUT2D eigenvalue weighted by Crippen LogP contribution is 2.13. The van der Waals surface area contributed by atoms with E-state index in [0.717, 1.165) is 11.3 Å². The van der Waals surface area contributed by atoms with Crippen LogP contribution in [0, 0.1) is 5.82 Å². The van der Waals surface area contributed by atoms with Gasteiger partial charge in [-0.2, -0.15) is 5.10 Å². The molecule has 0 unspecified atom stereocenters. The van der Waals surface area contributed by atoms with Gasteiger partial charge < -0.3 is 9.64 Å². The van der Waals surface area contributed by atoms with Crippen LogP contribution in [-0.4, -0.2) is 34.2 Å². The van der Waals surface area contributed by atoms with E-state index in [1.54, 1.807) is 35.0 Å². The first-order valence-electron chi connectivity index (χ1n) is 8.33. The van der Waals surface area contributed by atoms with Gasteiger partial charge in [-0.25, -0.2) is 9.07 Å². The van der Waals surface area contributed by atoms with Crippen molar-refractivity contribution in [3.63, 3.8) is 0 Å². The van der Waals surface area contributed by atoms with Gasteiger partial charge in [0, 0.05) is 31.4 Å². The van der Waals surface area contributed by atoms with Crippen molar-refractivity contribution < 1.29 is 13.9 Å². The molecule has 26 heavy (non-hydrogen) atoms. The average Bonchev–Trinajstić information content (AvgIpc) is 3.11. The van der Waals surface area contributed by atoms with Crippen LogP contribution in [-0.2, 0) is 11.3 Å². The zero-order valence-corrected chi connectivity index (χ0v) is 14.5. The van der Waals surface area contributed by atoms with Crippen LogP contribution >= 0.6 is 0 Å². The Kier molecular flexibility index (Phi) is 5.63. The van der Waals surface area contributed by atoms with Crippen LogP contribution < -0.4 is 4.74 Å². The molecule has 0 aliphatic rings. The van der Waals surface area contributed by atoms with Gasteiger partial charge in [-0.15, -0.1) is 0 Å². The molecule has 3 rings (SSSR count). The number of ether oxygens (including phenoxy) is 1. The Labute approximate surface area is 151 Å². The predicted octanol–water partition coefficient (Wildman–Crippen LogP) is 3.44. The van der Waals surface area contributed by atoms with Crippen LogP contribution in [0.4, 0.5) is 4.39 Å². The van der Waals surface area contributed by atoms with Crippen LogP contribution in [0.1, 0.15) is 12.0 Å². The molecule has 0 radical (unpaired) electrons. The highest BCUT2D eigenvalue weighted by Gasteiger charge is 2.11. The van der Waals surface area contributed by atoms with E-state index < -0.39 is 0 Å². The van der Waals surface area contributed by atoms with E-state index in [2.05, 4.69) is 5.10 Å². The number of para-hydroxylation sites is 1. The smallest absolute Gasteiger partial charge is 0.226 e. The van der Waals surface area contributed by atoms with E-state index in [0.29, 0.717) is 12.3 Å². The summed E-state index contributed by atoms with van der Waals surface area (Å²) >= 11 is 0. The van der Waals surface area contributed by atoms with Gasteiger partial charge in [-0.1, -0.05) is 24.3 Å². The summed E-state index contributed by atoms with van der Waals surface area (Å²) in [6.45, 7) is 0.668. The number of hydrogen-bond donors (Lipinski definition) is 0. The molecule has 0 bridgehead atoms. The molecule has 0 aliphatic carbocycles. The third kappa shape index (κ3) is 4.69. The largest absolute Gasteiger partial charge is 0.493 e. The number of nitrogens with zero attached hydrogens (tertiary/aromatic N) is 3. The molecule has 1 amide bonds. The lowest BCUT2D eigenvalue weighted by atomic mass is 10.3. The topological polar surface area (TPSA) is 47.4 Å². The summed E-state index contributed by atoms with van der Waals surface area (Å²) in [5.74, 6) is 0.0137. The first-order chi connectivity index (χ1) is 12.6. The number of amides is 1. The summed E-state index contributed by atoms with van der Waals surface area (Å²) in [4.78, 5) is 13.9. The molecule has 0 N–H and O–H groups in total. The van der Waals surface area contributed by atoms with Gasteiger partial charge >= 0.3 is 0 Å². The van der Waals surface area contributed by atoms with Crippen LogP contribution in [0.5, 0.6) is 5.75 Å². The van der Waals surface area contributed by atoms with Crippen LogP contribution in [0.3, 0.4) is 0 Å². The van der Waals surface area contributed by atoms with Gasteiger partial charge in [-0.05, 0) is 24.3 Å². The lowest BCUT2D eigenvalue weighted by Crippen LogP contribution is -2.27. The lowest BCUT2D eigenvalue weighted by Gasteiger charge is -2.16. The second-order valence-electron chi connectivity index (χ2n) is 5.93. The van der Waals surface area contributed by atoms with Crippen molar-refractivity contribution in [3.05, 3.63) is 78.4 Å². The van der Waals surface area contributed by atoms with Gasteiger partial charge in [0.1, 0.15) is 11.6 Å². The van der Waals surface area contributed by atoms with E-state index in [9.17, 15) is 9.18 Å². The molecule has 1 aromatic heterocycles. The fourth-order valence-corrected chi connectivity index (χ4v) is 2.53. The molecule has 0 spiro atoms. The molecule has 0 aliphatic heterocycles. The number of halogens is 1. The van der Waals surface area contributed by atoms with E-state index >= 15 is 0 Å². The fraction of sp³-hybridized carbons (Fsp3) is 0.200. The van der Waals surface area contributed by atoms with Crippen molar-refractivity contribution in [2.24, 2.45) is 0 Å². The minimum absolute atomic E-state index is 0.0473. The van der Waals surface area contributed by atoms with Crippen molar-refractivity contribution in [1.82, 2.24) is 14.7 Å². The van der Waals surface area contributed by atoms with Gasteiger partial charge in [0.2, 0.25) is 5.91 Å². The summed E-state index contributed by atoms with van der Waals surface area (Å²) in [7, 11) is 1.74. The second-order valence-corrected chi connectivity index (χ2v) is 5.93. The summed E-state index contributed by atoms with van der Waals surface area (Å²) in [5.41, 5.74) is 1.91. The number of carbonyl (C=O) groups is 1. The standard InChI is InChI=1S/C20H20FN3O2/c1-23(20(25)10-11-26-19-9-5-6-17(21)12-19)14-16-13-22-24(15-16)18-7-3-2-4-8-18/h2-9,12-13,15H,10-11,14H2,1H3. The normalized spacial score (nSPS) is 10.5. The fourth-order valence-electron chi connectivity index (χ4n) is 2.53. The number of aromatic nitrogens is 2.